The molecule has 0 unspecified atom stereocenters. The molecule has 0 amide bonds. The Morgan fingerprint density at radius 2 is 1.35 bits per heavy atom. The van der Waals surface area contributed by atoms with Gasteiger partial charge in [0.05, 0.1) is 7.11 Å². The van der Waals surface area contributed by atoms with Crippen molar-refractivity contribution in [2.45, 2.75) is 38.5 Å². The van der Waals surface area contributed by atoms with E-state index >= 15 is 0 Å². The van der Waals surface area contributed by atoms with E-state index in [1.54, 1.807) is 38.5 Å². The quantitative estimate of drug-likeness (QED) is 0.579. The van der Waals surface area contributed by atoms with Crippen LogP contribution in [-0.2, 0) is 19.0 Å². The van der Waals surface area contributed by atoms with Crippen LogP contribution >= 0.6 is 0 Å². The van der Waals surface area contributed by atoms with Crippen molar-refractivity contribution in [3.8, 4) is 0 Å². The maximum atomic E-state index is 11.3. The molecule has 0 heterocycles. The molecular formula is C13H21FO5S. The van der Waals surface area contributed by atoms with Gasteiger partial charge >= 0.3 is 16.3 Å². The Hall–Kier alpha value is -0.850. The molecule has 0 aromatic rings. The number of ether oxygens (including phenoxy) is 1. The van der Waals surface area contributed by atoms with E-state index in [9.17, 15) is 17.6 Å². The minimum atomic E-state index is -4.37. The van der Waals surface area contributed by atoms with Crippen LogP contribution in [-0.4, -0.2) is 27.7 Å². The van der Waals surface area contributed by atoms with Crippen LogP contribution in [0.2, 0.25) is 0 Å². The summed E-state index contributed by atoms with van der Waals surface area (Å²) in [5.41, 5.74) is 0. The van der Waals surface area contributed by atoms with Gasteiger partial charge in [-0.1, -0.05) is 0 Å². The molecule has 0 aliphatic heterocycles. The van der Waals surface area contributed by atoms with E-state index in [2.05, 4.69) is 8.92 Å². The third-order valence-corrected chi connectivity index (χ3v) is 5.15. The number of hydrogen-bond donors (Lipinski definition) is 0. The van der Waals surface area contributed by atoms with Gasteiger partial charge in [-0.3, -0.25) is 0 Å². The topological polar surface area (TPSA) is 69.7 Å². The monoisotopic (exact) mass is 308 g/mol. The summed E-state index contributed by atoms with van der Waals surface area (Å²) in [5.74, 6) is 4.71. The molecule has 20 heavy (non-hydrogen) atoms. The minimum absolute atomic E-state index is 0.913. The van der Waals surface area contributed by atoms with Crippen LogP contribution in [0, 0.1) is 23.7 Å². The molecule has 0 radical (unpaired) electrons. The molecule has 4 aliphatic rings. The number of rotatable bonds is 2. The Morgan fingerprint density at radius 1 is 1.00 bits per heavy atom. The van der Waals surface area contributed by atoms with Crippen LogP contribution in [0.3, 0.4) is 0 Å². The number of alkyl halides is 1. The molecule has 4 bridgehead atoms. The van der Waals surface area contributed by atoms with Crippen LogP contribution < -0.4 is 0 Å². The number of carbonyl (C=O) groups is 1. The summed E-state index contributed by atoms with van der Waals surface area (Å²) >= 11 is 0. The molecule has 0 atom stereocenters. The fourth-order valence-corrected chi connectivity index (χ4v) is 4.46. The molecule has 4 saturated carbocycles. The summed E-state index contributed by atoms with van der Waals surface area (Å²) in [6.45, 7) is 0. The van der Waals surface area contributed by atoms with Gasteiger partial charge in [-0.15, -0.1) is 0 Å². The average molecular weight is 308 g/mol. The summed E-state index contributed by atoms with van der Waals surface area (Å²) in [4.78, 5) is 10.00. The average Bonchev–Trinajstić information content (AvgIpc) is 2.37. The second kappa shape index (κ2) is 6.28. The first-order chi connectivity index (χ1) is 9.41. The molecular weight excluding hydrogens is 287 g/mol. The van der Waals surface area contributed by atoms with Crippen molar-refractivity contribution >= 4 is 16.3 Å². The van der Waals surface area contributed by atoms with Gasteiger partial charge in [0, 0.05) is 0 Å². The second-order valence-corrected chi connectivity index (χ2v) is 7.58. The van der Waals surface area contributed by atoms with Crippen LogP contribution in [0.1, 0.15) is 38.5 Å². The molecule has 116 valence electrons. The highest BCUT2D eigenvalue weighted by Crippen LogP contribution is 2.53. The van der Waals surface area contributed by atoms with Crippen molar-refractivity contribution in [3.05, 3.63) is 0 Å². The van der Waals surface area contributed by atoms with Crippen molar-refractivity contribution in [1.82, 2.24) is 0 Å². The van der Waals surface area contributed by atoms with E-state index in [-0.39, 0.29) is 0 Å². The van der Waals surface area contributed by atoms with Gasteiger partial charge in [-0.2, -0.15) is 8.42 Å². The Kier molecular flexibility index (Phi) is 4.88. The molecule has 4 rings (SSSR count). The van der Waals surface area contributed by atoms with Crippen LogP contribution in [0.15, 0.2) is 0 Å². The van der Waals surface area contributed by atoms with Crippen LogP contribution in [0.4, 0.5) is 9.18 Å². The van der Waals surface area contributed by atoms with Gasteiger partial charge in [0.1, 0.15) is 0 Å². The third kappa shape index (κ3) is 4.07. The molecule has 4 fully saturated rings. The zero-order valence-corrected chi connectivity index (χ0v) is 12.4. The van der Waals surface area contributed by atoms with Crippen molar-refractivity contribution in [1.29, 1.82) is 0 Å². The van der Waals surface area contributed by atoms with E-state index in [0.29, 0.717) is 0 Å². The summed E-state index contributed by atoms with van der Waals surface area (Å²) in [6.07, 6.45) is 8.18. The van der Waals surface area contributed by atoms with E-state index in [4.69, 9.17) is 0 Å². The predicted octanol–water partition coefficient (Wildman–Crippen LogP) is 2.86. The Balaban J connectivity index is 0.000000147. The van der Waals surface area contributed by atoms with Crippen LogP contribution in [0.25, 0.3) is 0 Å². The van der Waals surface area contributed by atoms with Gasteiger partial charge in [-0.05, 0) is 62.2 Å². The standard InChI is InChI=1S/C10H16.C3H5FO5S/c1-7-2-9-4-8(1)5-10(3-7)6-9;1-8-3(5)9-10(6,7)2-4/h7-10H,1-6H2;2H2,1H3. The minimum Gasteiger partial charge on any atom is -0.437 e. The van der Waals surface area contributed by atoms with Gasteiger partial charge in [0.25, 0.3) is 0 Å². The smallest absolute Gasteiger partial charge is 0.437 e. The lowest BCUT2D eigenvalue weighted by Crippen LogP contribution is -2.38. The van der Waals surface area contributed by atoms with E-state index in [1.807, 2.05) is 0 Å². The zero-order chi connectivity index (χ0) is 14.8. The summed E-state index contributed by atoms with van der Waals surface area (Å²) < 4.78 is 38.7. The SMILES string of the molecule is C1C2CC3CC1CC(C2)C3.COC(=O)OS(=O)(=O)CF. The van der Waals surface area contributed by atoms with E-state index in [0.717, 1.165) is 7.11 Å². The molecule has 0 saturated heterocycles. The number of carbonyl (C=O) groups excluding carboxylic acids is 1. The number of methoxy groups -OCH3 is 1. The Morgan fingerprint density at radius 3 is 1.60 bits per heavy atom. The van der Waals surface area contributed by atoms with Crippen molar-refractivity contribution in [3.63, 3.8) is 0 Å². The number of hydrogen-bond acceptors (Lipinski definition) is 5. The van der Waals surface area contributed by atoms with E-state index < -0.39 is 22.3 Å². The Labute approximate surface area is 118 Å². The molecule has 0 N–H and O–H groups in total. The van der Waals surface area contributed by atoms with E-state index in [1.165, 1.54) is 23.7 Å². The maximum absolute atomic E-state index is 11.3. The predicted molar refractivity (Wildman–Crippen MR) is 70.0 cm³/mol. The molecule has 0 aromatic heterocycles. The lowest BCUT2D eigenvalue weighted by atomic mass is 9.56. The maximum Gasteiger partial charge on any atom is 0.524 e. The van der Waals surface area contributed by atoms with Crippen molar-refractivity contribution < 1.29 is 26.5 Å². The number of halogens is 1. The van der Waals surface area contributed by atoms with Gasteiger partial charge < -0.3 is 8.92 Å². The van der Waals surface area contributed by atoms with Crippen molar-refractivity contribution in [2.75, 3.05) is 13.1 Å². The molecule has 0 aromatic carbocycles. The third-order valence-electron chi connectivity index (χ3n) is 4.50. The summed E-state index contributed by atoms with van der Waals surface area (Å²) in [7, 11) is -3.46. The highest BCUT2D eigenvalue weighted by molar-refractivity contribution is 7.86. The highest BCUT2D eigenvalue weighted by atomic mass is 32.2. The first-order valence-corrected chi connectivity index (χ1v) is 8.55. The summed E-state index contributed by atoms with van der Waals surface area (Å²) in [6, 6.07) is -1.75. The molecule has 5 nitrogen and oxygen atoms in total. The lowest BCUT2D eigenvalue weighted by Gasteiger charge is -2.49. The molecule has 4 aliphatic carbocycles. The molecule has 7 heteroatoms. The largest absolute Gasteiger partial charge is 0.524 e. The van der Waals surface area contributed by atoms with Crippen LogP contribution in [0.5, 0.6) is 0 Å². The second-order valence-electron chi connectivity index (χ2n) is 6.08. The highest BCUT2D eigenvalue weighted by Gasteiger charge is 2.41. The lowest BCUT2D eigenvalue weighted by molar-refractivity contribution is 0.0198. The zero-order valence-electron chi connectivity index (χ0n) is 11.6. The first kappa shape index (κ1) is 15.5. The summed E-state index contributed by atoms with van der Waals surface area (Å²) in [5, 5.41) is 0. The fourth-order valence-electron chi connectivity index (χ4n) is 4.14. The van der Waals surface area contributed by atoms with Crippen molar-refractivity contribution in [2.24, 2.45) is 23.7 Å². The first-order valence-electron chi connectivity index (χ1n) is 6.98. The van der Waals surface area contributed by atoms with Gasteiger partial charge in [-0.25, -0.2) is 9.18 Å². The fraction of sp³-hybridized carbons (Fsp3) is 0.923. The van der Waals surface area contributed by atoms with Gasteiger partial charge in [0.15, 0.2) is 0 Å². The normalized spacial score (nSPS) is 34.1. The molecule has 0 spiro atoms. The van der Waals surface area contributed by atoms with Gasteiger partial charge in [0.2, 0.25) is 6.01 Å². The Bertz CT molecular complexity index is 391.